The van der Waals surface area contributed by atoms with E-state index in [1.165, 1.54) is 0 Å². The van der Waals surface area contributed by atoms with E-state index in [1.54, 1.807) is 0 Å². The zero-order valence-electron chi connectivity index (χ0n) is 32.2. The van der Waals surface area contributed by atoms with Crippen LogP contribution in [0.3, 0.4) is 0 Å². The Bertz CT molecular complexity index is 1030. The molecule has 0 aromatic rings. The van der Waals surface area contributed by atoms with Gasteiger partial charge in [0.25, 0.3) is 0 Å². The second-order valence-electron chi connectivity index (χ2n) is 18.7. The van der Waals surface area contributed by atoms with Crippen LogP contribution in [0.2, 0.25) is 36.3 Å². The van der Waals surface area contributed by atoms with Gasteiger partial charge in [-0.3, -0.25) is 9.59 Å². The first kappa shape index (κ1) is 43.3. The molecule has 0 spiro atoms. The van der Waals surface area contributed by atoms with Crippen LogP contribution in [0.4, 0.5) is 0 Å². The first-order chi connectivity index (χ1) is 21.8. The number of fused-ring (bicyclic) bond motifs is 2. The normalized spacial score (nSPS) is 31.3. The molecule has 4 fully saturated rings. The Morgan fingerprint density at radius 2 is 0.958 bits per heavy atom. The number of carbonyl (C=O) groups is 2. The van der Waals surface area contributed by atoms with E-state index in [4.69, 9.17) is 55.3 Å². The number of hydrogen-bond donors (Lipinski definition) is 0. The first-order valence-corrected chi connectivity index (χ1v) is 26.3. The molecule has 4 saturated carbocycles. The van der Waals surface area contributed by atoms with Crippen molar-refractivity contribution < 1.29 is 18.4 Å². The summed E-state index contributed by atoms with van der Waals surface area (Å²) in [5, 5.41) is 0.487. The van der Waals surface area contributed by atoms with E-state index >= 15 is 0 Å². The van der Waals surface area contributed by atoms with E-state index < -0.39 is 25.3 Å². The summed E-state index contributed by atoms with van der Waals surface area (Å²) in [5.74, 6) is 2.34. The van der Waals surface area contributed by atoms with Crippen LogP contribution in [0, 0.1) is 35.5 Å². The largest absolute Gasteiger partial charge is 0.414 e. The summed E-state index contributed by atoms with van der Waals surface area (Å²) in [5.41, 5.74) is 0. The van der Waals surface area contributed by atoms with Crippen molar-refractivity contribution in [3.8, 4) is 0 Å². The van der Waals surface area contributed by atoms with E-state index in [2.05, 4.69) is 81.6 Å². The van der Waals surface area contributed by atoms with Crippen LogP contribution < -0.4 is 0 Å². The van der Waals surface area contributed by atoms with Gasteiger partial charge in [-0.05, 0) is 124 Å². The number of rotatable bonds is 12. The third kappa shape index (κ3) is 9.69. The monoisotopic (exact) mass is 784 g/mol. The van der Waals surface area contributed by atoms with E-state index in [0.717, 1.165) is 64.2 Å². The Hall–Kier alpha value is 0.854. The Labute approximate surface area is 316 Å². The predicted molar refractivity (Wildman–Crippen MR) is 211 cm³/mol. The van der Waals surface area contributed by atoms with Crippen molar-refractivity contribution in [2.45, 2.75) is 190 Å². The molecule has 48 heavy (non-hydrogen) atoms. The van der Waals surface area contributed by atoms with Gasteiger partial charge in [-0.15, -0.1) is 0 Å². The van der Waals surface area contributed by atoms with Gasteiger partial charge in [-0.2, -0.15) is 0 Å². The molecular weight excluding hydrogens is 718 g/mol. The van der Waals surface area contributed by atoms with Crippen LogP contribution >= 0.6 is 46.4 Å². The number of hydrogen-bond acceptors (Lipinski definition) is 4. The molecule has 10 heteroatoms. The topological polar surface area (TPSA) is 52.6 Å². The lowest BCUT2D eigenvalue weighted by atomic mass is 9.87. The molecule has 280 valence electrons. The van der Waals surface area contributed by atoms with Crippen molar-refractivity contribution in [1.82, 2.24) is 0 Å². The van der Waals surface area contributed by atoms with Crippen molar-refractivity contribution in [2.75, 3.05) is 0 Å². The Morgan fingerprint density at radius 1 is 0.646 bits per heavy atom. The summed E-state index contributed by atoms with van der Waals surface area (Å²) in [7, 11) is -3.45. The molecule has 0 radical (unpaired) electrons. The van der Waals surface area contributed by atoms with Gasteiger partial charge in [0, 0.05) is 36.9 Å². The third-order valence-electron chi connectivity index (χ3n) is 13.6. The summed E-state index contributed by atoms with van der Waals surface area (Å²) in [6, 6.07) is 0. The molecular formula is C38H68Cl4O4Si2. The number of ketones is 2. The lowest BCUT2D eigenvalue weighted by Crippen LogP contribution is -2.43. The van der Waals surface area contributed by atoms with Gasteiger partial charge >= 0.3 is 0 Å². The minimum Gasteiger partial charge on any atom is -0.414 e. The number of alkyl halides is 4. The SMILES string of the molecule is CCC(CCC1CCC2C1CC(=O)C2(Cl)Cl)O[Si](C)(C)C(C)(C)C.CCC(CCC1CCC2C1CC(=O)C2(Cl)Cl)O[Si](C)(C)C(C)(C)C. The van der Waals surface area contributed by atoms with Gasteiger partial charge in [-0.25, -0.2) is 0 Å². The zero-order chi connectivity index (χ0) is 36.7. The molecule has 4 rings (SSSR count). The third-order valence-corrected chi connectivity index (χ3v) is 24.7. The van der Waals surface area contributed by atoms with Crippen molar-refractivity contribution in [2.24, 2.45) is 35.5 Å². The maximum atomic E-state index is 12.1. The van der Waals surface area contributed by atoms with Gasteiger partial charge in [0.2, 0.25) is 0 Å². The summed E-state index contributed by atoms with van der Waals surface area (Å²) < 4.78 is 11.0. The highest BCUT2D eigenvalue weighted by Gasteiger charge is 2.58. The molecule has 0 saturated heterocycles. The van der Waals surface area contributed by atoms with Crippen molar-refractivity contribution >= 4 is 74.6 Å². The molecule has 0 aromatic carbocycles. The standard InChI is InChI=1S/2C19H34Cl2O2Si/c2*1-7-14(23-24(5,6)18(2,3)4)10-8-13-9-11-16-15(13)12-17(22)19(16,20)21/h2*13-16H,7-12H2,1-6H3. The molecule has 0 N–H and O–H groups in total. The van der Waals surface area contributed by atoms with E-state index in [9.17, 15) is 9.59 Å². The average molecular weight is 787 g/mol. The highest BCUT2D eigenvalue weighted by atomic mass is 35.5. The Kier molecular flexibility index (Phi) is 14.5. The molecule has 4 aliphatic rings. The van der Waals surface area contributed by atoms with Crippen molar-refractivity contribution in [3.05, 3.63) is 0 Å². The molecule has 4 nitrogen and oxygen atoms in total. The molecule has 0 heterocycles. The van der Waals surface area contributed by atoms with E-state index in [0.29, 0.717) is 48.7 Å². The van der Waals surface area contributed by atoms with Gasteiger partial charge in [0.15, 0.2) is 36.9 Å². The number of halogens is 4. The van der Waals surface area contributed by atoms with E-state index in [-0.39, 0.29) is 33.5 Å². The minimum atomic E-state index is -1.72. The Morgan fingerprint density at radius 3 is 1.23 bits per heavy atom. The van der Waals surface area contributed by atoms with Crippen LogP contribution in [0.1, 0.15) is 132 Å². The fourth-order valence-electron chi connectivity index (χ4n) is 8.33. The van der Waals surface area contributed by atoms with Crippen LogP contribution in [0.5, 0.6) is 0 Å². The van der Waals surface area contributed by atoms with Gasteiger partial charge in [0.1, 0.15) is 0 Å². The molecule has 4 aliphatic carbocycles. The predicted octanol–water partition coefficient (Wildman–Crippen LogP) is 12.7. The first-order valence-electron chi connectivity index (χ1n) is 19.0. The zero-order valence-corrected chi connectivity index (χ0v) is 37.3. The highest BCUT2D eigenvalue weighted by Crippen LogP contribution is 2.58. The van der Waals surface area contributed by atoms with Crippen LogP contribution in [-0.4, -0.2) is 49.1 Å². The minimum absolute atomic E-state index is 0.0371. The summed E-state index contributed by atoms with van der Waals surface area (Å²) in [4.78, 5) is 24.1. The maximum absolute atomic E-state index is 12.1. The number of carbonyl (C=O) groups excluding carboxylic acids is 2. The van der Waals surface area contributed by atoms with Gasteiger partial charge in [0.05, 0.1) is 0 Å². The number of Topliss-reactive ketones (excluding diaryl/α,β-unsaturated/α-hetero) is 2. The molecule has 8 unspecified atom stereocenters. The molecule has 0 bridgehead atoms. The van der Waals surface area contributed by atoms with Crippen molar-refractivity contribution in [1.29, 1.82) is 0 Å². The average Bonchev–Trinajstić information content (AvgIpc) is 3.66. The molecule has 0 amide bonds. The quantitative estimate of drug-likeness (QED) is 0.146. The maximum Gasteiger partial charge on any atom is 0.192 e. The molecule has 0 aromatic heterocycles. The van der Waals surface area contributed by atoms with Crippen LogP contribution in [0.25, 0.3) is 0 Å². The molecule has 0 aliphatic heterocycles. The smallest absolute Gasteiger partial charge is 0.192 e. The summed E-state index contributed by atoms with van der Waals surface area (Å²) >= 11 is 25.2. The summed E-state index contributed by atoms with van der Waals surface area (Å²) in [6.45, 7) is 27.5. The lowest BCUT2D eigenvalue weighted by molar-refractivity contribution is -0.119. The lowest BCUT2D eigenvalue weighted by Gasteiger charge is -2.39. The second-order valence-corrected chi connectivity index (χ2v) is 31.0. The summed E-state index contributed by atoms with van der Waals surface area (Å²) in [6.07, 6.45) is 12.6. The van der Waals surface area contributed by atoms with E-state index in [1.807, 2.05) is 0 Å². The van der Waals surface area contributed by atoms with Gasteiger partial charge < -0.3 is 8.85 Å². The van der Waals surface area contributed by atoms with Crippen LogP contribution in [0.15, 0.2) is 0 Å². The second kappa shape index (κ2) is 16.1. The Balaban J connectivity index is 0.000000260. The highest BCUT2D eigenvalue weighted by molar-refractivity contribution is 6.74. The van der Waals surface area contributed by atoms with Crippen molar-refractivity contribution in [3.63, 3.8) is 0 Å². The molecule has 8 atom stereocenters. The van der Waals surface area contributed by atoms with Crippen LogP contribution in [-0.2, 0) is 18.4 Å². The van der Waals surface area contributed by atoms with Gasteiger partial charge in [-0.1, -0.05) is 102 Å². The fraction of sp³-hybridized carbons (Fsp3) is 0.947. The fourth-order valence-corrected chi connectivity index (χ4v) is 12.7.